The molecule has 1 aromatic heterocycles. The van der Waals surface area contributed by atoms with Crippen molar-refractivity contribution in [1.29, 1.82) is 0 Å². The highest BCUT2D eigenvalue weighted by molar-refractivity contribution is 5.92. The van der Waals surface area contributed by atoms with Gasteiger partial charge in [-0.25, -0.2) is 4.98 Å². The van der Waals surface area contributed by atoms with E-state index in [2.05, 4.69) is 10.9 Å². The molecule has 0 radical (unpaired) electrons. The Morgan fingerprint density at radius 1 is 1.33 bits per heavy atom. The predicted molar refractivity (Wildman–Crippen MR) is 70.0 cm³/mol. The molecule has 0 atom stereocenters. The average molecular weight is 243 g/mol. The van der Waals surface area contributed by atoms with Gasteiger partial charge in [0, 0.05) is 17.0 Å². The maximum absolute atomic E-state index is 13.7. The second-order valence-electron chi connectivity index (χ2n) is 5.28. The summed E-state index contributed by atoms with van der Waals surface area (Å²) in [5, 5.41) is 11.0. The van der Waals surface area contributed by atoms with Crippen LogP contribution in [-0.4, -0.2) is 10.1 Å². The maximum Gasteiger partial charge on any atom is 0.229 e. The van der Waals surface area contributed by atoms with Gasteiger partial charge in [0.2, 0.25) is 5.95 Å². The summed E-state index contributed by atoms with van der Waals surface area (Å²) in [5.41, 5.74) is 0.709. The molecule has 0 aliphatic heterocycles. The number of benzene rings is 1. The third kappa shape index (κ3) is 1.91. The first kappa shape index (κ1) is 12.4. The van der Waals surface area contributed by atoms with Gasteiger partial charge in [-0.15, -0.1) is 6.42 Å². The van der Waals surface area contributed by atoms with Crippen LogP contribution in [0.25, 0.3) is 10.8 Å². The molecule has 2 rings (SSSR count). The van der Waals surface area contributed by atoms with Gasteiger partial charge < -0.3 is 5.11 Å². The number of nitrogens with zero attached hydrogens (tertiary/aromatic N) is 1. The molecular weight excluding hydrogens is 229 g/mol. The van der Waals surface area contributed by atoms with Crippen molar-refractivity contribution in [2.24, 2.45) is 0 Å². The zero-order valence-corrected chi connectivity index (χ0v) is 10.6. The van der Waals surface area contributed by atoms with E-state index in [1.807, 2.05) is 20.8 Å². The number of hydrogen-bond donors (Lipinski definition) is 1. The molecule has 0 saturated heterocycles. The Kier molecular flexibility index (Phi) is 2.74. The summed E-state index contributed by atoms with van der Waals surface area (Å²) < 4.78 is 13.7. The highest BCUT2D eigenvalue weighted by Crippen LogP contribution is 2.35. The lowest BCUT2D eigenvalue weighted by Gasteiger charge is -2.22. The van der Waals surface area contributed by atoms with Crippen molar-refractivity contribution in [3.63, 3.8) is 0 Å². The molecule has 0 aliphatic rings. The number of terminal acetylenes is 1. The van der Waals surface area contributed by atoms with E-state index in [1.165, 1.54) is 12.3 Å². The number of halogens is 1. The molecule has 0 bridgehead atoms. The van der Waals surface area contributed by atoms with E-state index in [0.29, 0.717) is 10.8 Å². The molecule has 1 N–H and O–H groups in total. The summed E-state index contributed by atoms with van der Waals surface area (Å²) in [6.45, 7) is 5.96. The van der Waals surface area contributed by atoms with Gasteiger partial charge in [-0.3, -0.25) is 0 Å². The lowest BCUT2D eigenvalue weighted by molar-refractivity contribution is 0.472. The summed E-state index contributed by atoms with van der Waals surface area (Å²) in [5.74, 6) is 1.83. The lowest BCUT2D eigenvalue weighted by Crippen LogP contribution is -2.12. The third-order valence-corrected chi connectivity index (χ3v) is 2.88. The number of phenolic OH excluding ortho intramolecular Hbond substituents is 1. The standard InChI is InChI=1S/C15H14FNO/c1-5-11-13-9(8-17-14(11)16)6-10(18)7-12(13)15(2,3)4/h1,6-8,18H,2-4H3. The third-order valence-electron chi connectivity index (χ3n) is 2.88. The number of aromatic hydroxyl groups is 1. The lowest BCUT2D eigenvalue weighted by atomic mass is 9.82. The van der Waals surface area contributed by atoms with E-state index in [0.717, 1.165) is 5.56 Å². The number of phenols is 1. The first-order valence-electron chi connectivity index (χ1n) is 5.63. The van der Waals surface area contributed by atoms with E-state index in [-0.39, 0.29) is 16.7 Å². The molecular formula is C15H14FNO. The summed E-state index contributed by atoms with van der Waals surface area (Å²) >= 11 is 0. The first-order valence-corrected chi connectivity index (χ1v) is 5.63. The van der Waals surface area contributed by atoms with Gasteiger partial charge in [0.25, 0.3) is 0 Å². The molecule has 18 heavy (non-hydrogen) atoms. The van der Waals surface area contributed by atoms with Gasteiger partial charge in [0.1, 0.15) is 5.75 Å². The molecule has 0 aliphatic carbocycles. The Balaban J connectivity index is 3.02. The summed E-state index contributed by atoms with van der Waals surface area (Å²) in [7, 11) is 0. The van der Waals surface area contributed by atoms with Crippen molar-refractivity contribution in [2.45, 2.75) is 26.2 Å². The SMILES string of the molecule is C#Cc1c(F)ncc2cc(O)cc(C(C)(C)C)c12. The highest BCUT2D eigenvalue weighted by atomic mass is 19.1. The Morgan fingerprint density at radius 2 is 2.00 bits per heavy atom. The molecule has 0 unspecified atom stereocenters. The van der Waals surface area contributed by atoms with Gasteiger partial charge >= 0.3 is 0 Å². The molecule has 92 valence electrons. The predicted octanol–water partition coefficient (Wildman–Crippen LogP) is 3.36. The topological polar surface area (TPSA) is 33.1 Å². The number of aromatic nitrogens is 1. The van der Waals surface area contributed by atoms with Gasteiger partial charge in [-0.1, -0.05) is 26.7 Å². The van der Waals surface area contributed by atoms with Crippen LogP contribution >= 0.6 is 0 Å². The van der Waals surface area contributed by atoms with E-state index in [4.69, 9.17) is 6.42 Å². The quantitative estimate of drug-likeness (QED) is 0.568. The smallest absolute Gasteiger partial charge is 0.229 e. The van der Waals surface area contributed by atoms with Crippen LogP contribution in [0.3, 0.4) is 0 Å². The van der Waals surface area contributed by atoms with Crippen LogP contribution in [0, 0.1) is 18.3 Å². The van der Waals surface area contributed by atoms with E-state index in [9.17, 15) is 9.50 Å². The van der Waals surface area contributed by atoms with Crippen molar-refractivity contribution >= 4 is 10.8 Å². The zero-order valence-electron chi connectivity index (χ0n) is 10.6. The van der Waals surface area contributed by atoms with Gasteiger partial charge in [0.05, 0.1) is 5.56 Å². The second-order valence-corrected chi connectivity index (χ2v) is 5.28. The maximum atomic E-state index is 13.7. The Bertz CT molecular complexity index is 663. The van der Waals surface area contributed by atoms with Crippen LogP contribution in [0.5, 0.6) is 5.75 Å². The minimum atomic E-state index is -0.652. The minimum absolute atomic E-state index is 0.129. The summed E-state index contributed by atoms with van der Waals surface area (Å²) in [6, 6.07) is 3.17. The van der Waals surface area contributed by atoms with Crippen LogP contribution in [0.1, 0.15) is 31.9 Å². The van der Waals surface area contributed by atoms with Crippen molar-refractivity contribution in [2.75, 3.05) is 0 Å². The molecule has 1 heterocycles. The minimum Gasteiger partial charge on any atom is -0.508 e. The van der Waals surface area contributed by atoms with Crippen LogP contribution < -0.4 is 0 Å². The number of rotatable bonds is 0. The molecule has 0 fully saturated rings. The molecule has 2 nitrogen and oxygen atoms in total. The fourth-order valence-electron chi connectivity index (χ4n) is 2.05. The number of pyridine rings is 1. The van der Waals surface area contributed by atoms with E-state index < -0.39 is 5.95 Å². The van der Waals surface area contributed by atoms with Crippen molar-refractivity contribution < 1.29 is 9.50 Å². The van der Waals surface area contributed by atoms with Crippen molar-refractivity contribution in [1.82, 2.24) is 4.98 Å². The molecule has 0 saturated carbocycles. The fourth-order valence-corrected chi connectivity index (χ4v) is 2.05. The average Bonchev–Trinajstić information content (AvgIpc) is 2.27. The van der Waals surface area contributed by atoms with Gasteiger partial charge in [-0.05, 0) is 23.1 Å². The highest BCUT2D eigenvalue weighted by Gasteiger charge is 2.21. The fraction of sp³-hybridized carbons (Fsp3) is 0.267. The van der Waals surface area contributed by atoms with Crippen LogP contribution in [0.4, 0.5) is 4.39 Å². The molecule has 0 amide bonds. The summed E-state index contributed by atoms with van der Waals surface area (Å²) in [4.78, 5) is 3.62. The van der Waals surface area contributed by atoms with E-state index >= 15 is 0 Å². The monoisotopic (exact) mass is 243 g/mol. The van der Waals surface area contributed by atoms with Crippen LogP contribution in [0.2, 0.25) is 0 Å². The first-order chi connectivity index (χ1) is 8.34. The normalized spacial score (nSPS) is 11.5. The molecule has 1 aromatic carbocycles. The van der Waals surface area contributed by atoms with E-state index in [1.54, 1.807) is 6.07 Å². The van der Waals surface area contributed by atoms with Crippen LogP contribution in [0.15, 0.2) is 18.3 Å². The van der Waals surface area contributed by atoms with Crippen LogP contribution in [-0.2, 0) is 5.41 Å². The Hall–Kier alpha value is -2.08. The number of hydrogen-bond acceptors (Lipinski definition) is 2. The summed E-state index contributed by atoms with van der Waals surface area (Å²) in [6.07, 6.45) is 6.76. The largest absolute Gasteiger partial charge is 0.508 e. The Morgan fingerprint density at radius 3 is 2.56 bits per heavy atom. The van der Waals surface area contributed by atoms with Gasteiger partial charge in [-0.2, -0.15) is 4.39 Å². The second kappa shape index (κ2) is 3.99. The van der Waals surface area contributed by atoms with Crippen molar-refractivity contribution in [3.8, 4) is 18.1 Å². The van der Waals surface area contributed by atoms with Gasteiger partial charge in [0.15, 0.2) is 0 Å². The molecule has 3 heteroatoms. The Labute approximate surface area is 105 Å². The zero-order chi connectivity index (χ0) is 13.5. The molecule has 0 spiro atoms. The molecule has 2 aromatic rings. The van der Waals surface area contributed by atoms with Crippen molar-refractivity contribution in [3.05, 3.63) is 35.4 Å². The number of fused-ring (bicyclic) bond motifs is 1.